The Morgan fingerprint density at radius 1 is 1.38 bits per heavy atom. The average molecular weight is 355 g/mol. The van der Waals surface area contributed by atoms with Crippen LogP contribution in [-0.4, -0.2) is 5.11 Å². The van der Waals surface area contributed by atoms with Crippen molar-refractivity contribution >= 4 is 38.5 Å². The molecular weight excluding hydrogens is 343 g/mol. The lowest BCUT2D eigenvalue weighted by Gasteiger charge is -2.16. The zero-order valence-corrected chi connectivity index (χ0v) is 11.3. The van der Waals surface area contributed by atoms with Crippen LogP contribution in [0.4, 0.5) is 0 Å². The van der Waals surface area contributed by atoms with Crippen molar-refractivity contribution in [3.05, 3.63) is 31.8 Å². The van der Waals surface area contributed by atoms with Gasteiger partial charge in [0.1, 0.15) is 0 Å². The maximum Gasteiger partial charge on any atom is 0.0824 e. The Bertz CT molecular complexity index is 299. The molecule has 3 heteroatoms. The molecule has 0 amide bonds. The van der Waals surface area contributed by atoms with Crippen molar-refractivity contribution in [2.45, 2.75) is 20.0 Å². The van der Waals surface area contributed by atoms with Gasteiger partial charge in [0, 0.05) is 8.04 Å². The van der Waals surface area contributed by atoms with E-state index in [0.29, 0.717) is 0 Å². The summed E-state index contributed by atoms with van der Waals surface area (Å²) in [6.07, 6.45) is -0.385. The summed E-state index contributed by atoms with van der Waals surface area (Å²) >= 11 is 5.68. The minimum absolute atomic E-state index is 0.245. The third-order valence-electron chi connectivity index (χ3n) is 1.91. The van der Waals surface area contributed by atoms with Gasteiger partial charge in [0.05, 0.1) is 6.10 Å². The lowest BCUT2D eigenvalue weighted by atomic mass is 9.99. The predicted octanol–water partition coefficient (Wildman–Crippen LogP) is 3.74. The molecule has 0 aliphatic rings. The van der Waals surface area contributed by atoms with E-state index in [-0.39, 0.29) is 12.0 Å². The van der Waals surface area contributed by atoms with Crippen LogP contribution in [-0.2, 0) is 0 Å². The van der Waals surface area contributed by atoms with E-state index in [1.54, 1.807) is 0 Å². The topological polar surface area (TPSA) is 20.2 Å². The van der Waals surface area contributed by atoms with Crippen molar-refractivity contribution in [1.29, 1.82) is 0 Å². The summed E-state index contributed by atoms with van der Waals surface area (Å²) in [7, 11) is 0. The summed E-state index contributed by atoms with van der Waals surface area (Å²) in [4.78, 5) is 0. The first kappa shape index (κ1) is 11.5. The zero-order chi connectivity index (χ0) is 10.0. The number of hydrogen-bond donors (Lipinski definition) is 1. The molecule has 0 bridgehead atoms. The Balaban J connectivity index is 3.05. The first-order valence-corrected chi connectivity index (χ1v) is 6.02. The lowest BCUT2D eigenvalue weighted by Crippen LogP contribution is -2.06. The average Bonchev–Trinajstić information content (AvgIpc) is 2.08. The molecule has 0 saturated carbocycles. The van der Waals surface area contributed by atoms with Crippen molar-refractivity contribution in [2.24, 2.45) is 5.92 Å². The highest BCUT2D eigenvalue weighted by atomic mass is 127. The van der Waals surface area contributed by atoms with Crippen molar-refractivity contribution in [3.63, 3.8) is 0 Å². The molecule has 0 aliphatic carbocycles. The van der Waals surface area contributed by atoms with Crippen LogP contribution in [0, 0.1) is 9.49 Å². The Labute approximate surface area is 101 Å². The molecule has 1 unspecified atom stereocenters. The van der Waals surface area contributed by atoms with Gasteiger partial charge in [-0.05, 0) is 52.3 Å². The van der Waals surface area contributed by atoms with Gasteiger partial charge in [0.15, 0.2) is 0 Å². The molecule has 0 fully saturated rings. The molecule has 0 aromatic heterocycles. The van der Waals surface area contributed by atoms with Crippen LogP contribution >= 0.6 is 38.5 Å². The van der Waals surface area contributed by atoms with E-state index < -0.39 is 0 Å². The molecule has 0 spiro atoms. The summed E-state index contributed by atoms with van der Waals surface area (Å²) in [5, 5.41) is 9.87. The number of hydrogen-bond acceptors (Lipinski definition) is 1. The highest BCUT2D eigenvalue weighted by Gasteiger charge is 2.14. The van der Waals surface area contributed by atoms with E-state index in [4.69, 9.17) is 0 Å². The van der Waals surface area contributed by atoms with Crippen LogP contribution in [0.1, 0.15) is 25.5 Å². The van der Waals surface area contributed by atoms with Crippen LogP contribution in [0.25, 0.3) is 0 Å². The van der Waals surface area contributed by atoms with Gasteiger partial charge in [0.2, 0.25) is 0 Å². The fraction of sp³-hybridized carbons (Fsp3) is 0.400. The van der Waals surface area contributed by atoms with Crippen LogP contribution in [0.3, 0.4) is 0 Å². The van der Waals surface area contributed by atoms with Gasteiger partial charge in [-0.15, -0.1) is 0 Å². The standard InChI is InChI=1S/C10H12BrIO/c1-6(2)10(13)8-5-7(12)3-4-9(8)11/h3-6,10,13H,1-2H3. The Kier molecular flexibility index (Phi) is 4.19. The summed E-state index contributed by atoms with van der Waals surface area (Å²) in [5.41, 5.74) is 0.974. The summed E-state index contributed by atoms with van der Waals surface area (Å²) in [6, 6.07) is 6.00. The quantitative estimate of drug-likeness (QED) is 0.802. The Hall–Kier alpha value is 0.390. The molecule has 1 rings (SSSR count). The fourth-order valence-electron chi connectivity index (χ4n) is 1.10. The van der Waals surface area contributed by atoms with Crippen LogP contribution in [0.15, 0.2) is 22.7 Å². The Morgan fingerprint density at radius 2 is 2.00 bits per heavy atom. The molecular formula is C10H12BrIO. The second-order valence-electron chi connectivity index (χ2n) is 3.35. The SMILES string of the molecule is CC(C)C(O)c1cc(I)ccc1Br. The normalized spacial score (nSPS) is 13.4. The third kappa shape index (κ3) is 2.92. The second kappa shape index (κ2) is 4.75. The molecule has 0 heterocycles. The number of aliphatic hydroxyl groups is 1. The van der Waals surface area contributed by atoms with Crippen LogP contribution in [0.2, 0.25) is 0 Å². The minimum Gasteiger partial charge on any atom is -0.388 e. The van der Waals surface area contributed by atoms with Crippen molar-refractivity contribution in [1.82, 2.24) is 0 Å². The molecule has 1 N–H and O–H groups in total. The molecule has 72 valence electrons. The zero-order valence-electron chi connectivity index (χ0n) is 7.59. The molecule has 1 aromatic rings. The largest absolute Gasteiger partial charge is 0.388 e. The van der Waals surface area contributed by atoms with Gasteiger partial charge < -0.3 is 5.11 Å². The highest BCUT2D eigenvalue weighted by molar-refractivity contribution is 14.1. The smallest absolute Gasteiger partial charge is 0.0824 e. The number of halogens is 2. The van der Waals surface area contributed by atoms with Gasteiger partial charge >= 0.3 is 0 Å². The van der Waals surface area contributed by atoms with Gasteiger partial charge in [-0.2, -0.15) is 0 Å². The van der Waals surface area contributed by atoms with E-state index in [2.05, 4.69) is 38.5 Å². The highest BCUT2D eigenvalue weighted by Crippen LogP contribution is 2.29. The van der Waals surface area contributed by atoms with Crippen LogP contribution in [0.5, 0.6) is 0 Å². The third-order valence-corrected chi connectivity index (χ3v) is 3.30. The van der Waals surface area contributed by atoms with Crippen LogP contribution < -0.4 is 0 Å². The van der Waals surface area contributed by atoms with E-state index >= 15 is 0 Å². The molecule has 0 saturated heterocycles. The first-order chi connectivity index (χ1) is 6.02. The summed E-state index contributed by atoms with van der Waals surface area (Å²) in [6.45, 7) is 4.02. The molecule has 13 heavy (non-hydrogen) atoms. The molecule has 0 radical (unpaired) electrons. The van der Waals surface area contributed by atoms with E-state index in [9.17, 15) is 5.11 Å². The molecule has 1 atom stereocenters. The van der Waals surface area contributed by atoms with E-state index in [1.807, 2.05) is 32.0 Å². The van der Waals surface area contributed by atoms with Gasteiger partial charge in [0.25, 0.3) is 0 Å². The maximum absolute atomic E-state index is 9.87. The van der Waals surface area contributed by atoms with E-state index in [1.165, 1.54) is 0 Å². The van der Waals surface area contributed by atoms with Crippen molar-refractivity contribution in [2.75, 3.05) is 0 Å². The number of rotatable bonds is 2. The van der Waals surface area contributed by atoms with Gasteiger partial charge in [-0.3, -0.25) is 0 Å². The summed E-state index contributed by atoms with van der Waals surface area (Å²) < 4.78 is 2.13. The molecule has 1 nitrogen and oxygen atoms in total. The monoisotopic (exact) mass is 354 g/mol. The fourth-order valence-corrected chi connectivity index (χ4v) is 2.10. The minimum atomic E-state index is -0.385. The maximum atomic E-state index is 9.87. The van der Waals surface area contributed by atoms with E-state index in [0.717, 1.165) is 13.6 Å². The predicted molar refractivity (Wildman–Crippen MR) is 66.7 cm³/mol. The van der Waals surface area contributed by atoms with Gasteiger partial charge in [-0.25, -0.2) is 0 Å². The summed E-state index contributed by atoms with van der Waals surface area (Å²) in [5.74, 6) is 0.245. The first-order valence-electron chi connectivity index (χ1n) is 4.15. The number of aliphatic hydroxyl groups excluding tert-OH is 1. The van der Waals surface area contributed by atoms with Crippen molar-refractivity contribution < 1.29 is 5.11 Å². The molecule has 0 aliphatic heterocycles. The lowest BCUT2D eigenvalue weighted by molar-refractivity contribution is 0.126. The van der Waals surface area contributed by atoms with Gasteiger partial charge in [-0.1, -0.05) is 29.8 Å². The molecule has 1 aromatic carbocycles. The second-order valence-corrected chi connectivity index (χ2v) is 5.45. The van der Waals surface area contributed by atoms with Crippen molar-refractivity contribution in [3.8, 4) is 0 Å². The number of benzene rings is 1. The Morgan fingerprint density at radius 3 is 2.54 bits per heavy atom.